The van der Waals surface area contributed by atoms with E-state index < -0.39 is 5.54 Å². The van der Waals surface area contributed by atoms with Gasteiger partial charge in [-0.05, 0) is 68.0 Å². The summed E-state index contributed by atoms with van der Waals surface area (Å²) in [5.74, 6) is 0.980. The lowest BCUT2D eigenvalue weighted by Crippen LogP contribution is -2.51. The molecule has 2 atom stereocenters. The van der Waals surface area contributed by atoms with Crippen molar-refractivity contribution in [2.24, 2.45) is 11.7 Å². The number of hydrogen-bond donors (Lipinski definition) is 1. The Morgan fingerprint density at radius 2 is 2.19 bits per heavy atom. The summed E-state index contributed by atoms with van der Waals surface area (Å²) in [5.41, 5.74) is 8.18. The maximum absolute atomic E-state index is 11.9. The lowest BCUT2D eigenvalue weighted by atomic mass is 9.86. The first-order chi connectivity index (χ1) is 9.97. The second-order valence-corrected chi connectivity index (χ2v) is 7.17. The van der Waals surface area contributed by atoms with Crippen LogP contribution in [0.3, 0.4) is 0 Å². The SMILES string of the molecule is COC(=O)C1(N)CCCC1CCSc1ccc(C)c(C)c1. The summed E-state index contributed by atoms with van der Waals surface area (Å²) in [6.07, 6.45) is 3.76. The predicted molar refractivity (Wildman–Crippen MR) is 87.5 cm³/mol. The molecule has 1 saturated carbocycles. The highest BCUT2D eigenvalue weighted by atomic mass is 32.2. The van der Waals surface area contributed by atoms with Crippen LogP contribution in [0.25, 0.3) is 0 Å². The Morgan fingerprint density at radius 3 is 2.86 bits per heavy atom. The molecule has 21 heavy (non-hydrogen) atoms. The summed E-state index contributed by atoms with van der Waals surface area (Å²) in [6.45, 7) is 4.26. The van der Waals surface area contributed by atoms with E-state index in [1.54, 1.807) is 0 Å². The van der Waals surface area contributed by atoms with Gasteiger partial charge in [-0.25, -0.2) is 0 Å². The van der Waals surface area contributed by atoms with Gasteiger partial charge in [0.1, 0.15) is 5.54 Å². The maximum Gasteiger partial charge on any atom is 0.326 e. The first-order valence-electron chi connectivity index (χ1n) is 7.54. The molecule has 4 heteroatoms. The van der Waals surface area contributed by atoms with E-state index in [9.17, 15) is 4.79 Å². The van der Waals surface area contributed by atoms with Crippen LogP contribution in [0.5, 0.6) is 0 Å². The third kappa shape index (κ3) is 3.61. The average molecular weight is 307 g/mol. The number of nitrogens with two attached hydrogens (primary N) is 1. The molecular weight excluding hydrogens is 282 g/mol. The molecule has 0 saturated heterocycles. The summed E-state index contributed by atoms with van der Waals surface area (Å²) >= 11 is 1.84. The minimum absolute atomic E-state index is 0.240. The Balaban J connectivity index is 1.90. The van der Waals surface area contributed by atoms with Crippen LogP contribution in [0.15, 0.2) is 23.1 Å². The van der Waals surface area contributed by atoms with Gasteiger partial charge in [-0.15, -0.1) is 11.8 Å². The topological polar surface area (TPSA) is 52.3 Å². The first kappa shape index (κ1) is 16.4. The molecule has 0 aliphatic heterocycles. The van der Waals surface area contributed by atoms with E-state index in [1.165, 1.54) is 23.1 Å². The molecule has 2 N–H and O–H groups in total. The highest BCUT2D eigenvalue weighted by Gasteiger charge is 2.46. The molecule has 2 unspecified atom stereocenters. The summed E-state index contributed by atoms with van der Waals surface area (Å²) in [4.78, 5) is 13.2. The lowest BCUT2D eigenvalue weighted by Gasteiger charge is -2.28. The van der Waals surface area contributed by atoms with Crippen molar-refractivity contribution in [1.82, 2.24) is 0 Å². The Morgan fingerprint density at radius 1 is 1.43 bits per heavy atom. The number of carbonyl (C=O) groups is 1. The Bertz CT molecular complexity index is 518. The normalized spacial score (nSPS) is 25.0. The number of esters is 1. The number of thioether (sulfide) groups is 1. The molecule has 0 aromatic heterocycles. The van der Waals surface area contributed by atoms with E-state index in [0.717, 1.165) is 31.4 Å². The van der Waals surface area contributed by atoms with Crippen molar-refractivity contribution < 1.29 is 9.53 Å². The fourth-order valence-corrected chi connectivity index (χ4v) is 4.15. The third-order valence-corrected chi connectivity index (χ3v) is 5.68. The fraction of sp³-hybridized carbons (Fsp3) is 0.588. The van der Waals surface area contributed by atoms with Gasteiger partial charge in [-0.2, -0.15) is 0 Å². The third-order valence-electron chi connectivity index (χ3n) is 4.65. The minimum atomic E-state index is -0.765. The molecular formula is C17H25NO2S. The van der Waals surface area contributed by atoms with Crippen molar-refractivity contribution in [1.29, 1.82) is 0 Å². The van der Waals surface area contributed by atoms with Gasteiger partial charge < -0.3 is 10.5 Å². The van der Waals surface area contributed by atoms with E-state index in [1.807, 2.05) is 11.8 Å². The van der Waals surface area contributed by atoms with Gasteiger partial charge in [0.05, 0.1) is 7.11 Å². The Hall–Kier alpha value is -1.00. The zero-order chi connectivity index (χ0) is 15.5. The highest BCUT2D eigenvalue weighted by molar-refractivity contribution is 7.99. The van der Waals surface area contributed by atoms with E-state index in [0.29, 0.717) is 0 Å². The van der Waals surface area contributed by atoms with Crippen molar-refractivity contribution in [3.05, 3.63) is 29.3 Å². The van der Waals surface area contributed by atoms with Crippen LogP contribution in [0.1, 0.15) is 36.8 Å². The number of ether oxygens (including phenoxy) is 1. The molecule has 1 aliphatic carbocycles. The number of benzene rings is 1. The zero-order valence-corrected chi connectivity index (χ0v) is 14.0. The van der Waals surface area contributed by atoms with Crippen molar-refractivity contribution in [3.63, 3.8) is 0 Å². The first-order valence-corrected chi connectivity index (χ1v) is 8.53. The molecule has 0 bridgehead atoms. The molecule has 2 rings (SSSR count). The van der Waals surface area contributed by atoms with Gasteiger partial charge in [-0.1, -0.05) is 12.5 Å². The molecule has 0 heterocycles. The number of methoxy groups -OCH3 is 1. The molecule has 1 aliphatic rings. The standard InChI is InChI=1S/C17H25NO2S/c1-12-6-7-15(11-13(12)2)21-10-8-14-5-4-9-17(14,18)16(19)20-3/h6-7,11,14H,4-5,8-10,18H2,1-3H3. The molecule has 3 nitrogen and oxygen atoms in total. The van der Waals surface area contributed by atoms with Crippen LogP contribution in [0.4, 0.5) is 0 Å². The van der Waals surface area contributed by atoms with Crippen LogP contribution >= 0.6 is 11.8 Å². The van der Waals surface area contributed by atoms with Crippen molar-refractivity contribution in [2.45, 2.75) is 50.0 Å². The van der Waals surface area contributed by atoms with Crippen LogP contribution in [0, 0.1) is 19.8 Å². The molecule has 1 fully saturated rings. The summed E-state index contributed by atoms with van der Waals surface area (Å²) < 4.78 is 4.89. The monoisotopic (exact) mass is 307 g/mol. The van der Waals surface area contributed by atoms with Crippen LogP contribution in [-0.4, -0.2) is 24.4 Å². The van der Waals surface area contributed by atoms with Crippen molar-refractivity contribution >= 4 is 17.7 Å². The maximum atomic E-state index is 11.9. The van der Waals surface area contributed by atoms with Gasteiger partial charge in [0, 0.05) is 4.90 Å². The van der Waals surface area contributed by atoms with Crippen LogP contribution in [0.2, 0.25) is 0 Å². The number of carbonyl (C=O) groups excluding carboxylic acids is 1. The molecule has 1 aromatic carbocycles. The second-order valence-electron chi connectivity index (χ2n) is 6.00. The number of aryl methyl sites for hydroxylation is 2. The quantitative estimate of drug-likeness (QED) is 0.668. The van der Waals surface area contributed by atoms with E-state index in [-0.39, 0.29) is 11.9 Å². The lowest BCUT2D eigenvalue weighted by molar-refractivity contribution is -0.148. The fourth-order valence-electron chi connectivity index (χ4n) is 3.09. The molecule has 1 aromatic rings. The van der Waals surface area contributed by atoms with Crippen molar-refractivity contribution in [3.8, 4) is 0 Å². The molecule has 116 valence electrons. The van der Waals surface area contributed by atoms with Crippen LogP contribution in [-0.2, 0) is 9.53 Å². The van der Waals surface area contributed by atoms with Gasteiger partial charge in [0.2, 0.25) is 0 Å². The van der Waals surface area contributed by atoms with Crippen LogP contribution < -0.4 is 5.73 Å². The van der Waals surface area contributed by atoms with Crippen molar-refractivity contribution in [2.75, 3.05) is 12.9 Å². The number of rotatable bonds is 5. The molecule has 0 radical (unpaired) electrons. The Kier molecular flexibility index (Phi) is 5.33. The summed E-state index contributed by atoms with van der Waals surface area (Å²) in [6, 6.07) is 6.55. The van der Waals surface area contributed by atoms with Gasteiger partial charge in [-0.3, -0.25) is 4.79 Å². The number of hydrogen-bond acceptors (Lipinski definition) is 4. The van der Waals surface area contributed by atoms with Gasteiger partial charge in [0.15, 0.2) is 0 Å². The van der Waals surface area contributed by atoms with Gasteiger partial charge >= 0.3 is 5.97 Å². The zero-order valence-electron chi connectivity index (χ0n) is 13.1. The van der Waals surface area contributed by atoms with E-state index >= 15 is 0 Å². The summed E-state index contributed by atoms with van der Waals surface area (Å²) in [7, 11) is 1.43. The smallest absolute Gasteiger partial charge is 0.326 e. The van der Waals surface area contributed by atoms with Gasteiger partial charge in [0.25, 0.3) is 0 Å². The molecule has 0 amide bonds. The highest BCUT2D eigenvalue weighted by Crippen LogP contribution is 2.38. The average Bonchev–Trinajstić information content (AvgIpc) is 2.84. The Labute approximate surface area is 131 Å². The van der Waals surface area contributed by atoms with E-state index in [4.69, 9.17) is 10.5 Å². The minimum Gasteiger partial charge on any atom is -0.468 e. The predicted octanol–water partition coefficient (Wildman–Crippen LogP) is 3.46. The summed E-state index contributed by atoms with van der Waals surface area (Å²) in [5, 5.41) is 0. The molecule has 0 spiro atoms. The van der Waals surface area contributed by atoms with E-state index in [2.05, 4.69) is 32.0 Å². The second kappa shape index (κ2) is 6.84. The largest absolute Gasteiger partial charge is 0.468 e.